The fourth-order valence-corrected chi connectivity index (χ4v) is 2.36. The number of hydrogen-bond donors (Lipinski definition) is 0. The van der Waals surface area contributed by atoms with Gasteiger partial charge in [-0.1, -0.05) is 74.5 Å². The molecule has 0 heteroatoms. The molecule has 0 aliphatic rings. The normalized spacial score (nSPS) is 11.4. The second-order valence-electron chi connectivity index (χ2n) is 5.49. The van der Waals surface area contributed by atoms with Crippen LogP contribution in [0.4, 0.5) is 0 Å². The first-order valence-corrected chi connectivity index (χ1v) is 6.24. The molecule has 0 bridgehead atoms. The van der Waals surface area contributed by atoms with Gasteiger partial charge in [0.1, 0.15) is 0 Å². The van der Waals surface area contributed by atoms with Crippen LogP contribution in [0.2, 0.25) is 0 Å². The molecule has 0 aliphatic carbocycles. The van der Waals surface area contributed by atoms with Crippen LogP contribution in [0, 0.1) is 5.41 Å². The minimum Gasteiger partial charge on any atom is -0.0622 e. The molecule has 0 aromatic heterocycles. The molecule has 2 aromatic rings. The third-order valence-corrected chi connectivity index (χ3v) is 3.05. The Hall–Kier alpha value is -1.56. The lowest BCUT2D eigenvalue weighted by molar-refractivity contribution is 0.361. The van der Waals surface area contributed by atoms with E-state index in [1.54, 1.807) is 0 Å². The van der Waals surface area contributed by atoms with E-state index in [0.29, 0.717) is 5.41 Å². The third-order valence-electron chi connectivity index (χ3n) is 3.05. The quantitative estimate of drug-likeness (QED) is 0.717. The smallest absolute Gasteiger partial charge is 0.0224 e. The van der Waals surface area contributed by atoms with Gasteiger partial charge in [-0.2, -0.15) is 0 Å². The predicted octanol–water partition coefficient (Wildman–Crippen LogP) is 4.50. The first-order chi connectivity index (χ1) is 8.16. The SMILES string of the molecule is CC(C)(Cc1ccccc1)Cc1ccccc1. The fraction of sp³-hybridized carbons (Fsp3) is 0.294. The molecule has 17 heavy (non-hydrogen) atoms. The highest BCUT2D eigenvalue weighted by Crippen LogP contribution is 2.26. The lowest BCUT2D eigenvalue weighted by Gasteiger charge is -2.25. The Morgan fingerprint density at radius 2 is 1.00 bits per heavy atom. The second-order valence-corrected chi connectivity index (χ2v) is 5.49. The molecule has 0 unspecified atom stereocenters. The van der Waals surface area contributed by atoms with Crippen molar-refractivity contribution >= 4 is 0 Å². The van der Waals surface area contributed by atoms with Crippen molar-refractivity contribution in [1.82, 2.24) is 0 Å². The van der Waals surface area contributed by atoms with Crippen LogP contribution in [0.25, 0.3) is 0 Å². The minimum absolute atomic E-state index is 0.308. The molecule has 0 radical (unpaired) electrons. The van der Waals surface area contributed by atoms with E-state index in [1.807, 2.05) is 0 Å². The first kappa shape index (κ1) is 11.9. The van der Waals surface area contributed by atoms with E-state index in [4.69, 9.17) is 0 Å². The zero-order valence-corrected chi connectivity index (χ0v) is 10.7. The Bertz CT molecular complexity index is 396. The zero-order chi connectivity index (χ0) is 12.1. The van der Waals surface area contributed by atoms with E-state index < -0.39 is 0 Å². The molecule has 0 spiro atoms. The second kappa shape index (κ2) is 5.18. The van der Waals surface area contributed by atoms with Gasteiger partial charge in [-0.05, 0) is 29.4 Å². The third kappa shape index (κ3) is 3.74. The molecule has 2 rings (SSSR count). The van der Waals surface area contributed by atoms with Crippen molar-refractivity contribution in [3.63, 3.8) is 0 Å². The summed E-state index contributed by atoms with van der Waals surface area (Å²) < 4.78 is 0. The van der Waals surface area contributed by atoms with Gasteiger partial charge in [0.2, 0.25) is 0 Å². The van der Waals surface area contributed by atoms with Gasteiger partial charge in [0, 0.05) is 0 Å². The molecule has 0 saturated carbocycles. The van der Waals surface area contributed by atoms with Crippen LogP contribution in [0.15, 0.2) is 60.7 Å². The van der Waals surface area contributed by atoms with Crippen LogP contribution in [0.5, 0.6) is 0 Å². The monoisotopic (exact) mass is 224 g/mol. The molecule has 0 aliphatic heterocycles. The molecule has 2 aromatic carbocycles. The van der Waals surface area contributed by atoms with Gasteiger partial charge in [-0.25, -0.2) is 0 Å². The summed E-state index contributed by atoms with van der Waals surface area (Å²) in [6.07, 6.45) is 2.26. The zero-order valence-electron chi connectivity index (χ0n) is 10.7. The number of rotatable bonds is 4. The van der Waals surface area contributed by atoms with E-state index >= 15 is 0 Å². The van der Waals surface area contributed by atoms with Gasteiger partial charge < -0.3 is 0 Å². The Kier molecular flexibility index (Phi) is 3.63. The summed E-state index contributed by atoms with van der Waals surface area (Å²) in [7, 11) is 0. The van der Waals surface area contributed by atoms with Crippen molar-refractivity contribution < 1.29 is 0 Å². The molecular weight excluding hydrogens is 204 g/mol. The van der Waals surface area contributed by atoms with Crippen LogP contribution >= 0.6 is 0 Å². The molecule has 0 heterocycles. The minimum atomic E-state index is 0.308. The summed E-state index contributed by atoms with van der Waals surface area (Å²) in [5.74, 6) is 0. The van der Waals surface area contributed by atoms with E-state index in [0.717, 1.165) is 12.8 Å². The molecule has 0 amide bonds. The van der Waals surface area contributed by atoms with Crippen molar-refractivity contribution in [2.24, 2.45) is 5.41 Å². The van der Waals surface area contributed by atoms with Crippen LogP contribution in [0.3, 0.4) is 0 Å². The lowest BCUT2D eigenvalue weighted by Crippen LogP contribution is -2.18. The summed E-state index contributed by atoms with van der Waals surface area (Å²) in [4.78, 5) is 0. The van der Waals surface area contributed by atoms with E-state index in [9.17, 15) is 0 Å². The van der Waals surface area contributed by atoms with Gasteiger partial charge in [-0.15, -0.1) is 0 Å². The summed E-state index contributed by atoms with van der Waals surface area (Å²) >= 11 is 0. The summed E-state index contributed by atoms with van der Waals surface area (Å²) in [6, 6.07) is 21.5. The van der Waals surface area contributed by atoms with Crippen LogP contribution < -0.4 is 0 Å². The molecule has 0 N–H and O–H groups in total. The van der Waals surface area contributed by atoms with Crippen LogP contribution in [-0.2, 0) is 12.8 Å². The standard InChI is InChI=1S/C17H20/c1-17(2,13-15-9-5-3-6-10-15)14-16-11-7-4-8-12-16/h3-12H,13-14H2,1-2H3. The van der Waals surface area contributed by atoms with Gasteiger partial charge in [0.05, 0.1) is 0 Å². The average Bonchev–Trinajstić information content (AvgIpc) is 2.30. The summed E-state index contributed by atoms with van der Waals surface area (Å²) in [6.45, 7) is 4.68. The van der Waals surface area contributed by atoms with Crippen LogP contribution in [0.1, 0.15) is 25.0 Å². The highest BCUT2D eigenvalue weighted by atomic mass is 14.2. The van der Waals surface area contributed by atoms with Crippen molar-refractivity contribution in [2.45, 2.75) is 26.7 Å². The predicted molar refractivity (Wildman–Crippen MR) is 74.1 cm³/mol. The van der Waals surface area contributed by atoms with E-state index in [-0.39, 0.29) is 0 Å². The van der Waals surface area contributed by atoms with Crippen molar-refractivity contribution in [1.29, 1.82) is 0 Å². The highest BCUT2D eigenvalue weighted by molar-refractivity contribution is 5.19. The number of hydrogen-bond acceptors (Lipinski definition) is 0. The van der Waals surface area contributed by atoms with Crippen LogP contribution in [-0.4, -0.2) is 0 Å². The largest absolute Gasteiger partial charge is 0.0622 e. The first-order valence-electron chi connectivity index (χ1n) is 6.24. The maximum Gasteiger partial charge on any atom is -0.0224 e. The molecule has 88 valence electrons. The van der Waals surface area contributed by atoms with Crippen molar-refractivity contribution in [3.8, 4) is 0 Å². The Balaban J connectivity index is 2.04. The van der Waals surface area contributed by atoms with Gasteiger partial charge >= 0.3 is 0 Å². The summed E-state index contributed by atoms with van der Waals surface area (Å²) in [5.41, 5.74) is 3.16. The maximum atomic E-state index is 2.34. The van der Waals surface area contributed by atoms with E-state index in [2.05, 4.69) is 74.5 Å². The fourth-order valence-electron chi connectivity index (χ4n) is 2.36. The van der Waals surface area contributed by atoms with Crippen molar-refractivity contribution in [2.75, 3.05) is 0 Å². The number of benzene rings is 2. The van der Waals surface area contributed by atoms with Gasteiger partial charge in [0.25, 0.3) is 0 Å². The van der Waals surface area contributed by atoms with E-state index in [1.165, 1.54) is 11.1 Å². The molecule has 0 nitrogen and oxygen atoms in total. The molecule has 0 saturated heterocycles. The highest BCUT2D eigenvalue weighted by Gasteiger charge is 2.18. The topological polar surface area (TPSA) is 0 Å². The van der Waals surface area contributed by atoms with Crippen molar-refractivity contribution in [3.05, 3.63) is 71.8 Å². The molecule has 0 atom stereocenters. The maximum absolute atomic E-state index is 2.34. The Morgan fingerprint density at radius 1 is 0.647 bits per heavy atom. The lowest BCUT2D eigenvalue weighted by atomic mass is 9.80. The summed E-state index contributed by atoms with van der Waals surface area (Å²) in [5, 5.41) is 0. The average molecular weight is 224 g/mol. The molecular formula is C17H20. The van der Waals surface area contributed by atoms with Gasteiger partial charge in [0.15, 0.2) is 0 Å². The molecule has 0 fully saturated rings. The van der Waals surface area contributed by atoms with Gasteiger partial charge in [-0.3, -0.25) is 0 Å². The Labute approximate surface area is 104 Å². The Morgan fingerprint density at radius 3 is 1.35 bits per heavy atom.